The van der Waals surface area contributed by atoms with Gasteiger partial charge < -0.3 is 15.7 Å². The molecule has 1 atom stereocenters. The van der Waals surface area contributed by atoms with Crippen LogP contribution in [-0.2, 0) is 24.2 Å². The lowest BCUT2D eigenvalue weighted by Gasteiger charge is -2.18. The molecule has 1 unspecified atom stereocenters. The summed E-state index contributed by atoms with van der Waals surface area (Å²) in [5.74, 6) is -0.755. The van der Waals surface area contributed by atoms with Crippen LogP contribution in [0.1, 0.15) is 50.0 Å². The minimum absolute atomic E-state index is 0.134. The first-order valence-corrected chi connectivity index (χ1v) is 13.4. The fraction of sp³-hybridized carbons (Fsp3) is 0.233. The van der Waals surface area contributed by atoms with Crippen molar-refractivity contribution < 1.29 is 14.7 Å². The molecule has 0 saturated carbocycles. The Balaban J connectivity index is 1.42. The number of rotatable bonds is 10. The molecule has 4 rings (SSSR count). The summed E-state index contributed by atoms with van der Waals surface area (Å²) in [7, 11) is 0. The number of carboxylic acids is 1. The molecule has 0 aliphatic carbocycles. The minimum Gasteiger partial charge on any atom is -0.480 e. The van der Waals surface area contributed by atoms with Crippen LogP contribution in [0.15, 0.2) is 60.9 Å². The van der Waals surface area contributed by atoms with Crippen molar-refractivity contribution in [1.82, 2.24) is 15.3 Å². The number of carboxylic acid groups (broad SMARTS) is 1. The highest BCUT2D eigenvalue weighted by Crippen LogP contribution is 2.26. The second kappa shape index (κ2) is 12.3. The van der Waals surface area contributed by atoms with E-state index in [2.05, 4.69) is 26.7 Å². The van der Waals surface area contributed by atoms with E-state index < -0.39 is 17.9 Å². The molecule has 0 bridgehead atoms. The predicted molar refractivity (Wildman–Crippen MR) is 152 cm³/mol. The molecule has 2 heterocycles. The molecule has 4 aromatic rings. The van der Waals surface area contributed by atoms with E-state index in [9.17, 15) is 20.0 Å². The fourth-order valence-corrected chi connectivity index (χ4v) is 5.17. The predicted octanol–water partition coefficient (Wildman–Crippen LogP) is 5.29. The summed E-state index contributed by atoms with van der Waals surface area (Å²) in [5.41, 5.74) is 5.10. The maximum atomic E-state index is 13.1. The Bertz CT molecular complexity index is 1540. The molecule has 2 aromatic heterocycles. The Morgan fingerprint density at radius 3 is 2.54 bits per heavy atom. The molecule has 0 radical (unpaired) electrons. The number of aromatic nitrogens is 2. The second-order valence-electron chi connectivity index (χ2n) is 9.26. The number of pyridine rings is 1. The molecule has 0 aliphatic rings. The number of nitrogens with one attached hydrogen (secondary N) is 2. The third kappa shape index (κ3) is 6.86. The van der Waals surface area contributed by atoms with Crippen molar-refractivity contribution >= 4 is 29.0 Å². The molecule has 0 fully saturated rings. The summed E-state index contributed by atoms with van der Waals surface area (Å²) < 4.78 is 0. The van der Waals surface area contributed by atoms with Gasteiger partial charge >= 0.3 is 5.97 Å². The van der Waals surface area contributed by atoms with E-state index in [1.807, 2.05) is 56.4 Å². The molecule has 9 heteroatoms. The highest BCUT2D eigenvalue weighted by molar-refractivity contribution is 7.15. The van der Waals surface area contributed by atoms with E-state index in [0.717, 1.165) is 32.4 Å². The Labute approximate surface area is 231 Å². The van der Waals surface area contributed by atoms with Crippen LogP contribution >= 0.6 is 11.3 Å². The van der Waals surface area contributed by atoms with Crippen molar-refractivity contribution in [3.63, 3.8) is 0 Å². The van der Waals surface area contributed by atoms with Crippen LogP contribution in [0.5, 0.6) is 0 Å². The summed E-state index contributed by atoms with van der Waals surface area (Å²) in [6.07, 6.45) is 4.29. The third-order valence-corrected chi connectivity index (χ3v) is 7.36. The Morgan fingerprint density at radius 2 is 1.87 bits per heavy atom. The average Bonchev–Trinajstić information content (AvgIpc) is 3.40. The summed E-state index contributed by atoms with van der Waals surface area (Å²) in [6, 6.07) is 15.8. The van der Waals surface area contributed by atoms with Gasteiger partial charge in [-0.15, -0.1) is 11.3 Å². The van der Waals surface area contributed by atoms with Crippen molar-refractivity contribution in [3.05, 3.63) is 99.2 Å². The van der Waals surface area contributed by atoms with Gasteiger partial charge in [-0.1, -0.05) is 31.2 Å². The van der Waals surface area contributed by atoms with Gasteiger partial charge in [-0.25, -0.2) is 14.8 Å². The van der Waals surface area contributed by atoms with Crippen molar-refractivity contribution in [2.24, 2.45) is 0 Å². The molecule has 2 aromatic carbocycles. The largest absolute Gasteiger partial charge is 0.480 e. The Kier molecular flexibility index (Phi) is 8.69. The van der Waals surface area contributed by atoms with E-state index in [0.29, 0.717) is 35.2 Å². The normalized spacial score (nSPS) is 11.4. The summed E-state index contributed by atoms with van der Waals surface area (Å²) >= 11 is 1.57. The maximum Gasteiger partial charge on any atom is 0.326 e. The molecule has 0 spiro atoms. The average molecular weight is 540 g/mol. The smallest absolute Gasteiger partial charge is 0.326 e. The monoisotopic (exact) mass is 539 g/mol. The highest BCUT2D eigenvalue weighted by Gasteiger charge is 2.24. The third-order valence-electron chi connectivity index (χ3n) is 6.31. The summed E-state index contributed by atoms with van der Waals surface area (Å²) in [4.78, 5) is 35.0. The maximum absolute atomic E-state index is 13.1. The van der Waals surface area contributed by atoms with E-state index in [-0.39, 0.29) is 6.42 Å². The number of nitriles is 1. The van der Waals surface area contributed by atoms with E-state index in [4.69, 9.17) is 0 Å². The van der Waals surface area contributed by atoms with Crippen LogP contribution in [0.4, 0.5) is 5.82 Å². The van der Waals surface area contributed by atoms with Crippen LogP contribution in [0.2, 0.25) is 0 Å². The number of hydrogen-bond donors (Lipinski definition) is 3. The lowest BCUT2D eigenvalue weighted by Crippen LogP contribution is -2.42. The van der Waals surface area contributed by atoms with Crippen LogP contribution in [0.25, 0.3) is 10.6 Å². The molecular weight excluding hydrogens is 510 g/mol. The fourth-order valence-electron chi connectivity index (χ4n) is 4.31. The highest BCUT2D eigenvalue weighted by atomic mass is 32.1. The summed E-state index contributed by atoms with van der Waals surface area (Å²) in [5, 5.41) is 25.9. The first-order chi connectivity index (χ1) is 18.8. The topological polar surface area (TPSA) is 128 Å². The number of carbonyl (C=O) groups is 2. The number of carbonyl (C=O) groups excluding carboxylic acids is 1. The van der Waals surface area contributed by atoms with Gasteiger partial charge in [-0.3, -0.25) is 4.79 Å². The number of hydrogen-bond acceptors (Lipinski definition) is 7. The molecular formula is C30H29N5O3S. The van der Waals surface area contributed by atoms with E-state index in [1.165, 1.54) is 0 Å². The molecule has 0 aliphatic heterocycles. The number of aryl methyl sites for hydroxylation is 3. The number of aliphatic carboxylic acids is 1. The van der Waals surface area contributed by atoms with Gasteiger partial charge in [0, 0.05) is 34.8 Å². The van der Waals surface area contributed by atoms with Gasteiger partial charge in [0.15, 0.2) is 0 Å². The SMILES string of the molecule is CCc1cc(C#N)cc(C)c1C(=O)NC(Cc1ccc(-c2ncc(CNc3cc(C)ccn3)s2)cc1)C(=O)O. The lowest BCUT2D eigenvalue weighted by atomic mass is 9.95. The minimum atomic E-state index is -1.11. The summed E-state index contributed by atoms with van der Waals surface area (Å²) in [6.45, 7) is 6.28. The molecule has 198 valence electrons. The first kappa shape index (κ1) is 27.5. The second-order valence-corrected chi connectivity index (χ2v) is 10.4. The van der Waals surface area contributed by atoms with Crippen LogP contribution < -0.4 is 10.6 Å². The van der Waals surface area contributed by atoms with Gasteiger partial charge in [0.2, 0.25) is 0 Å². The quantitative estimate of drug-likeness (QED) is 0.250. The van der Waals surface area contributed by atoms with Gasteiger partial charge in [-0.2, -0.15) is 5.26 Å². The molecule has 1 amide bonds. The van der Waals surface area contributed by atoms with Crippen LogP contribution in [-0.4, -0.2) is 33.0 Å². The van der Waals surface area contributed by atoms with Crippen molar-refractivity contribution in [2.75, 3.05) is 5.32 Å². The molecule has 3 N–H and O–H groups in total. The van der Waals surface area contributed by atoms with Crippen molar-refractivity contribution in [3.8, 4) is 16.6 Å². The molecule has 8 nitrogen and oxygen atoms in total. The number of anilines is 1. The number of benzene rings is 2. The zero-order chi connectivity index (χ0) is 27.9. The van der Waals surface area contributed by atoms with Gasteiger partial charge in [0.05, 0.1) is 18.2 Å². The van der Waals surface area contributed by atoms with Gasteiger partial charge in [0.25, 0.3) is 5.91 Å². The van der Waals surface area contributed by atoms with E-state index >= 15 is 0 Å². The van der Waals surface area contributed by atoms with Gasteiger partial charge in [-0.05, 0) is 66.8 Å². The van der Waals surface area contributed by atoms with E-state index in [1.54, 1.807) is 36.6 Å². The first-order valence-electron chi connectivity index (χ1n) is 12.5. The standard InChI is InChI=1S/C30H29N5O3S/c1-4-22-13-21(15-31)12-19(3)27(22)28(36)35-25(30(37)38)14-20-5-7-23(8-6-20)29-34-17-24(39-29)16-33-26-11-18(2)9-10-32-26/h5-13,17,25H,4,14,16H2,1-3H3,(H,32,33)(H,35,36)(H,37,38). The number of amides is 1. The van der Waals surface area contributed by atoms with Crippen LogP contribution in [0.3, 0.4) is 0 Å². The van der Waals surface area contributed by atoms with Crippen molar-refractivity contribution in [2.45, 2.75) is 46.2 Å². The lowest BCUT2D eigenvalue weighted by molar-refractivity contribution is -0.139. The van der Waals surface area contributed by atoms with Crippen molar-refractivity contribution in [1.29, 1.82) is 5.26 Å². The Hall–Kier alpha value is -4.55. The number of thiazole rings is 1. The molecule has 39 heavy (non-hydrogen) atoms. The van der Waals surface area contributed by atoms with Crippen LogP contribution in [0, 0.1) is 25.2 Å². The van der Waals surface area contributed by atoms with Gasteiger partial charge in [0.1, 0.15) is 16.9 Å². The molecule has 0 saturated heterocycles. The number of nitrogens with zero attached hydrogens (tertiary/aromatic N) is 3. The zero-order valence-corrected chi connectivity index (χ0v) is 22.8. The zero-order valence-electron chi connectivity index (χ0n) is 22.0. The Morgan fingerprint density at radius 1 is 1.10 bits per heavy atom.